The molecular formula is C16H18N6O2. The molecule has 4 rings (SSSR count). The van der Waals surface area contributed by atoms with Crippen molar-refractivity contribution in [3.63, 3.8) is 0 Å². The van der Waals surface area contributed by atoms with Crippen molar-refractivity contribution in [3.8, 4) is 0 Å². The van der Waals surface area contributed by atoms with Crippen LogP contribution < -0.4 is 10.5 Å². The maximum absolute atomic E-state index is 12.8. The number of β-amino-alcohol motifs (C(OH)–C–C–N with tert-alkyl or cyclic N) is 1. The van der Waals surface area contributed by atoms with E-state index in [2.05, 4.69) is 15.3 Å². The van der Waals surface area contributed by atoms with Crippen LogP contribution in [0.5, 0.6) is 0 Å². The number of hydrogen-bond acceptors (Lipinski definition) is 6. The summed E-state index contributed by atoms with van der Waals surface area (Å²) >= 11 is 0. The van der Waals surface area contributed by atoms with Crippen LogP contribution in [0.2, 0.25) is 0 Å². The van der Waals surface area contributed by atoms with Gasteiger partial charge in [0.2, 0.25) is 0 Å². The van der Waals surface area contributed by atoms with Gasteiger partial charge in [0.05, 0.1) is 36.0 Å². The van der Waals surface area contributed by atoms with E-state index in [0.29, 0.717) is 31.1 Å². The van der Waals surface area contributed by atoms with E-state index in [-0.39, 0.29) is 5.56 Å². The molecule has 8 heteroatoms. The van der Waals surface area contributed by atoms with Crippen molar-refractivity contribution in [2.75, 3.05) is 18.0 Å². The second kappa shape index (κ2) is 5.13. The number of fused-ring (bicyclic) bond motifs is 1. The van der Waals surface area contributed by atoms with Gasteiger partial charge in [-0.1, -0.05) is 17.3 Å². The fourth-order valence-electron chi connectivity index (χ4n) is 3.31. The molecular weight excluding hydrogens is 308 g/mol. The van der Waals surface area contributed by atoms with Gasteiger partial charge in [0.1, 0.15) is 5.60 Å². The summed E-state index contributed by atoms with van der Waals surface area (Å²) < 4.78 is 3.26. The summed E-state index contributed by atoms with van der Waals surface area (Å²) in [4.78, 5) is 19.1. The van der Waals surface area contributed by atoms with Gasteiger partial charge < -0.3 is 14.6 Å². The summed E-state index contributed by atoms with van der Waals surface area (Å²) in [7, 11) is 1.74. The minimum atomic E-state index is -1.06. The lowest BCUT2D eigenvalue weighted by Gasteiger charge is -2.46. The molecule has 3 aromatic rings. The molecule has 8 nitrogen and oxygen atoms in total. The zero-order chi connectivity index (χ0) is 16.9. The summed E-state index contributed by atoms with van der Waals surface area (Å²) in [5.74, 6) is 0.371. The first kappa shape index (κ1) is 14.8. The van der Waals surface area contributed by atoms with Crippen molar-refractivity contribution in [1.82, 2.24) is 24.5 Å². The SMILES string of the molecule is CCn1c(=O)c(N2CC(O)(c3cnnn3C)C2)nc2ccccc21. The van der Waals surface area contributed by atoms with Crippen LogP contribution in [-0.2, 0) is 19.2 Å². The van der Waals surface area contributed by atoms with Gasteiger partial charge in [-0.05, 0) is 19.1 Å². The molecule has 0 amide bonds. The third-order valence-electron chi connectivity index (χ3n) is 4.55. The average molecular weight is 326 g/mol. The van der Waals surface area contributed by atoms with Crippen molar-refractivity contribution in [2.45, 2.75) is 19.1 Å². The van der Waals surface area contributed by atoms with Crippen LogP contribution in [0.4, 0.5) is 5.82 Å². The molecule has 1 saturated heterocycles. The largest absolute Gasteiger partial charge is 0.380 e. The molecule has 1 N–H and O–H groups in total. The smallest absolute Gasteiger partial charge is 0.293 e. The second-order valence-corrected chi connectivity index (χ2v) is 6.10. The van der Waals surface area contributed by atoms with Crippen molar-refractivity contribution in [2.24, 2.45) is 7.05 Å². The Balaban J connectivity index is 1.73. The standard InChI is InChI=1S/C16H18N6O2/c1-3-22-12-7-5-4-6-11(12)18-14(15(22)23)21-9-16(24,10-21)13-8-17-19-20(13)2/h4-8,24H,3,9-10H2,1-2H3. The fraction of sp³-hybridized carbons (Fsp3) is 0.375. The Hall–Kier alpha value is -2.74. The number of benzene rings is 1. The van der Waals surface area contributed by atoms with Crippen LogP contribution in [0.15, 0.2) is 35.3 Å². The van der Waals surface area contributed by atoms with E-state index < -0.39 is 5.60 Å². The molecule has 1 aromatic carbocycles. The van der Waals surface area contributed by atoms with Gasteiger partial charge in [0.25, 0.3) is 5.56 Å². The summed E-state index contributed by atoms with van der Waals surface area (Å²) in [6, 6.07) is 7.58. The number of aromatic nitrogens is 5. The average Bonchev–Trinajstić information content (AvgIpc) is 2.98. The highest BCUT2D eigenvalue weighted by atomic mass is 16.3. The molecule has 0 bridgehead atoms. The van der Waals surface area contributed by atoms with E-state index in [1.54, 1.807) is 27.4 Å². The van der Waals surface area contributed by atoms with Crippen LogP contribution in [-0.4, -0.2) is 42.7 Å². The topological polar surface area (TPSA) is 89.1 Å². The first-order chi connectivity index (χ1) is 11.5. The van der Waals surface area contributed by atoms with Gasteiger partial charge >= 0.3 is 0 Å². The van der Waals surface area contributed by atoms with Crippen molar-refractivity contribution in [3.05, 3.63) is 46.5 Å². The molecule has 1 aliphatic heterocycles. The van der Waals surface area contributed by atoms with E-state index in [9.17, 15) is 9.90 Å². The summed E-state index contributed by atoms with van der Waals surface area (Å²) in [5, 5.41) is 18.4. The highest BCUT2D eigenvalue weighted by molar-refractivity contribution is 5.76. The van der Waals surface area contributed by atoms with Crippen LogP contribution in [0.25, 0.3) is 11.0 Å². The molecule has 24 heavy (non-hydrogen) atoms. The maximum Gasteiger partial charge on any atom is 0.293 e. The molecule has 1 fully saturated rings. The Morgan fingerprint density at radius 3 is 2.71 bits per heavy atom. The van der Waals surface area contributed by atoms with Crippen molar-refractivity contribution in [1.29, 1.82) is 0 Å². The molecule has 124 valence electrons. The minimum absolute atomic E-state index is 0.138. The summed E-state index contributed by atoms with van der Waals surface area (Å²) in [6.07, 6.45) is 1.55. The predicted molar refractivity (Wildman–Crippen MR) is 88.8 cm³/mol. The molecule has 0 saturated carbocycles. The number of hydrogen-bond donors (Lipinski definition) is 1. The van der Waals surface area contributed by atoms with Crippen molar-refractivity contribution >= 4 is 16.9 Å². The van der Waals surface area contributed by atoms with Gasteiger partial charge in [-0.15, -0.1) is 5.10 Å². The lowest BCUT2D eigenvalue weighted by Crippen LogP contribution is -2.61. The predicted octanol–water partition coefficient (Wildman–Crippen LogP) is 0.253. The van der Waals surface area contributed by atoms with Crippen LogP contribution in [0, 0.1) is 0 Å². The summed E-state index contributed by atoms with van der Waals surface area (Å²) in [6.45, 7) is 3.08. The van der Waals surface area contributed by atoms with Gasteiger partial charge in [-0.2, -0.15) is 0 Å². The first-order valence-corrected chi connectivity index (χ1v) is 7.85. The van der Waals surface area contributed by atoms with E-state index >= 15 is 0 Å². The molecule has 0 spiro atoms. The van der Waals surface area contributed by atoms with E-state index in [4.69, 9.17) is 0 Å². The Morgan fingerprint density at radius 2 is 2.04 bits per heavy atom. The number of aryl methyl sites for hydroxylation is 2. The molecule has 0 atom stereocenters. The second-order valence-electron chi connectivity index (χ2n) is 6.10. The van der Waals surface area contributed by atoms with Crippen LogP contribution in [0.3, 0.4) is 0 Å². The van der Waals surface area contributed by atoms with Gasteiger partial charge in [0, 0.05) is 13.6 Å². The quantitative estimate of drug-likeness (QED) is 0.742. The Labute approximate surface area is 138 Å². The highest BCUT2D eigenvalue weighted by Crippen LogP contribution is 2.33. The Morgan fingerprint density at radius 1 is 1.29 bits per heavy atom. The Bertz CT molecular complexity index is 970. The van der Waals surface area contributed by atoms with Crippen LogP contribution in [0.1, 0.15) is 12.6 Å². The number of anilines is 1. The number of nitrogens with zero attached hydrogens (tertiary/aromatic N) is 6. The minimum Gasteiger partial charge on any atom is -0.380 e. The third kappa shape index (κ3) is 2.03. The molecule has 3 heterocycles. The van der Waals surface area contributed by atoms with Crippen molar-refractivity contribution < 1.29 is 5.11 Å². The zero-order valence-corrected chi connectivity index (χ0v) is 13.5. The van der Waals surface area contributed by atoms with Gasteiger partial charge in [-0.3, -0.25) is 4.79 Å². The van der Waals surface area contributed by atoms with Crippen LogP contribution >= 0.6 is 0 Å². The van der Waals surface area contributed by atoms with E-state index in [0.717, 1.165) is 11.0 Å². The lowest BCUT2D eigenvalue weighted by molar-refractivity contribution is -0.000661. The molecule has 2 aromatic heterocycles. The molecule has 0 radical (unpaired) electrons. The maximum atomic E-state index is 12.8. The molecule has 0 aliphatic carbocycles. The summed E-state index contributed by atoms with van der Waals surface area (Å²) in [5.41, 5.74) is 1.03. The number of aliphatic hydroxyl groups is 1. The number of rotatable bonds is 3. The molecule has 1 aliphatic rings. The molecule has 0 unspecified atom stereocenters. The zero-order valence-electron chi connectivity index (χ0n) is 13.5. The highest BCUT2D eigenvalue weighted by Gasteiger charge is 2.46. The third-order valence-corrected chi connectivity index (χ3v) is 4.55. The fourth-order valence-corrected chi connectivity index (χ4v) is 3.31. The van der Waals surface area contributed by atoms with Gasteiger partial charge in [0.15, 0.2) is 5.82 Å². The Kier molecular flexibility index (Phi) is 3.17. The number of para-hydroxylation sites is 2. The van der Waals surface area contributed by atoms with Gasteiger partial charge in [-0.25, -0.2) is 9.67 Å². The van der Waals surface area contributed by atoms with E-state index in [1.807, 2.05) is 31.2 Å². The first-order valence-electron chi connectivity index (χ1n) is 7.85. The normalized spacial score (nSPS) is 16.4. The van der Waals surface area contributed by atoms with E-state index in [1.165, 1.54) is 0 Å². The monoisotopic (exact) mass is 326 g/mol. The lowest BCUT2D eigenvalue weighted by atomic mass is 9.91.